The van der Waals surface area contributed by atoms with E-state index in [-0.39, 0.29) is 0 Å². The maximum atomic E-state index is 2.85. The van der Waals surface area contributed by atoms with Crippen molar-refractivity contribution in [3.05, 3.63) is 35.4 Å². The fourth-order valence-corrected chi connectivity index (χ4v) is 5.49. The largest absolute Gasteiger partial charge is 0.306 e. The Morgan fingerprint density at radius 2 is 1.88 bits per heavy atom. The molecule has 1 aromatic carbocycles. The molecule has 3 aliphatic heterocycles. The van der Waals surface area contributed by atoms with Gasteiger partial charge in [-0.25, -0.2) is 0 Å². The van der Waals surface area contributed by atoms with Gasteiger partial charge in [-0.05, 0) is 83.2 Å². The first-order valence-corrected chi connectivity index (χ1v) is 10.3. The molecular formula is C22H35N3. The summed E-state index contributed by atoms with van der Waals surface area (Å²) in [4.78, 5) is 8.08. The van der Waals surface area contributed by atoms with Gasteiger partial charge in [0.25, 0.3) is 0 Å². The molecule has 0 bridgehead atoms. The van der Waals surface area contributed by atoms with E-state index in [2.05, 4.69) is 52.9 Å². The van der Waals surface area contributed by atoms with Crippen LogP contribution in [0.3, 0.4) is 0 Å². The molecule has 1 aromatic rings. The molecule has 0 amide bonds. The minimum atomic E-state index is 0.575. The molecular weight excluding hydrogens is 306 g/mol. The second-order valence-electron chi connectivity index (χ2n) is 9.06. The number of nitrogens with zero attached hydrogens (tertiary/aromatic N) is 3. The molecule has 25 heavy (non-hydrogen) atoms. The molecule has 1 spiro atoms. The lowest BCUT2D eigenvalue weighted by atomic mass is 9.79. The Hall–Kier alpha value is -0.900. The fourth-order valence-electron chi connectivity index (χ4n) is 5.49. The third kappa shape index (κ3) is 4.10. The number of rotatable bonds is 3. The summed E-state index contributed by atoms with van der Waals surface area (Å²) in [6.45, 7) is 11.2. The van der Waals surface area contributed by atoms with Crippen molar-refractivity contribution in [1.82, 2.24) is 14.7 Å². The lowest BCUT2D eigenvalue weighted by molar-refractivity contribution is 0.0723. The average molecular weight is 342 g/mol. The molecule has 3 nitrogen and oxygen atoms in total. The van der Waals surface area contributed by atoms with E-state index in [0.29, 0.717) is 5.41 Å². The van der Waals surface area contributed by atoms with Crippen molar-refractivity contribution in [3.63, 3.8) is 0 Å². The number of likely N-dealkylation sites (tertiary alicyclic amines) is 3. The molecule has 4 rings (SSSR count). The molecule has 3 heterocycles. The molecule has 0 saturated carbocycles. The Morgan fingerprint density at radius 3 is 2.68 bits per heavy atom. The van der Waals surface area contributed by atoms with Crippen LogP contribution < -0.4 is 0 Å². The number of piperidine rings is 2. The highest BCUT2D eigenvalue weighted by atomic mass is 15.2. The number of hydrogen-bond donors (Lipinski definition) is 0. The van der Waals surface area contributed by atoms with E-state index < -0.39 is 0 Å². The summed E-state index contributed by atoms with van der Waals surface area (Å²) < 4.78 is 0. The van der Waals surface area contributed by atoms with Crippen molar-refractivity contribution in [3.8, 4) is 0 Å². The normalized spacial score (nSPS) is 30.3. The van der Waals surface area contributed by atoms with Gasteiger partial charge in [0, 0.05) is 25.7 Å². The van der Waals surface area contributed by atoms with Crippen LogP contribution in [0.5, 0.6) is 0 Å². The third-order valence-corrected chi connectivity index (χ3v) is 6.90. The van der Waals surface area contributed by atoms with Gasteiger partial charge in [-0.15, -0.1) is 0 Å². The maximum absolute atomic E-state index is 2.85. The number of benzene rings is 1. The molecule has 0 aliphatic carbocycles. The highest BCUT2D eigenvalue weighted by Gasteiger charge is 2.43. The number of aryl methyl sites for hydroxylation is 1. The summed E-state index contributed by atoms with van der Waals surface area (Å²) in [5.41, 5.74) is 3.45. The van der Waals surface area contributed by atoms with Crippen molar-refractivity contribution < 1.29 is 0 Å². The van der Waals surface area contributed by atoms with Crippen molar-refractivity contribution in [2.45, 2.75) is 51.6 Å². The first-order valence-electron chi connectivity index (χ1n) is 10.3. The molecule has 0 aromatic heterocycles. The van der Waals surface area contributed by atoms with Gasteiger partial charge < -0.3 is 4.90 Å². The van der Waals surface area contributed by atoms with Crippen LogP contribution in [-0.4, -0.2) is 67.1 Å². The Bertz CT molecular complexity index is 578. The van der Waals surface area contributed by atoms with Crippen molar-refractivity contribution in [2.75, 3.05) is 46.3 Å². The van der Waals surface area contributed by atoms with E-state index in [1.54, 1.807) is 0 Å². The summed E-state index contributed by atoms with van der Waals surface area (Å²) in [5.74, 6) is 0. The van der Waals surface area contributed by atoms with Gasteiger partial charge in [-0.3, -0.25) is 9.80 Å². The Balaban J connectivity index is 1.36. The van der Waals surface area contributed by atoms with E-state index in [1.807, 2.05) is 0 Å². The highest BCUT2D eigenvalue weighted by molar-refractivity contribution is 5.22. The third-order valence-electron chi connectivity index (χ3n) is 6.90. The van der Waals surface area contributed by atoms with E-state index in [9.17, 15) is 0 Å². The summed E-state index contributed by atoms with van der Waals surface area (Å²) in [6, 6.07) is 9.93. The SMILES string of the molecule is Cc1cccc(CN2CCCC3(CCN(C4CCN(C)CC4)C3)C2)c1. The quantitative estimate of drug-likeness (QED) is 0.834. The minimum Gasteiger partial charge on any atom is -0.306 e. The molecule has 1 atom stereocenters. The molecule has 3 fully saturated rings. The maximum Gasteiger partial charge on any atom is 0.0234 e. The standard InChI is InChI=1S/C22H35N3/c1-19-5-3-6-20(15-19)16-24-11-4-9-22(17-24)10-14-25(18-22)21-7-12-23(2)13-8-21/h3,5-6,15,21H,4,7-14,16-18H2,1-2H3. The zero-order valence-corrected chi connectivity index (χ0v) is 16.2. The van der Waals surface area contributed by atoms with Crippen molar-refractivity contribution in [2.24, 2.45) is 5.41 Å². The Morgan fingerprint density at radius 1 is 1.04 bits per heavy atom. The van der Waals surface area contributed by atoms with E-state index >= 15 is 0 Å². The lowest BCUT2D eigenvalue weighted by Crippen LogP contribution is -2.47. The van der Waals surface area contributed by atoms with Crippen molar-refractivity contribution in [1.29, 1.82) is 0 Å². The average Bonchev–Trinajstić information content (AvgIpc) is 2.99. The van der Waals surface area contributed by atoms with Crippen LogP contribution in [0.1, 0.15) is 43.2 Å². The first-order chi connectivity index (χ1) is 12.1. The Labute approximate surface area is 154 Å². The second-order valence-corrected chi connectivity index (χ2v) is 9.06. The predicted molar refractivity (Wildman–Crippen MR) is 105 cm³/mol. The number of hydrogen-bond acceptors (Lipinski definition) is 3. The van der Waals surface area contributed by atoms with Gasteiger partial charge in [0.1, 0.15) is 0 Å². The molecule has 3 heteroatoms. The van der Waals surface area contributed by atoms with Crippen LogP contribution in [0.15, 0.2) is 24.3 Å². The van der Waals surface area contributed by atoms with Crippen molar-refractivity contribution >= 4 is 0 Å². The molecule has 3 aliphatic rings. The van der Waals surface area contributed by atoms with Crippen LogP contribution in [0.4, 0.5) is 0 Å². The summed E-state index contributed by atoms with van der Waals surface area (Å²) in [7, 11) is 2.27. The second kappa shape index (κ2) is 7.38. The molecule has 138 valence electrons. The summed E-state index contributed by atoms with van der Waals surface area (Å²) in [6.07, 6.45) is 7.00. The zero-order valence-electron chi connectivity index (χ0n) is 16.2. The monoisotopic (exact) mass is 341 g/mol. The smallest absolute Gasteiger partial charge is 0.0234 e. The van der Waals surface area contributed by atoms with E-state index in [0.717, 1.165) is 12.6 Å². The first kappa shape index (κ1) is 17.5. The molecule has 0 radical (unpaired) electrons. The predicted octanol–water partition coefficient (Wildman–Crippen LogP) is 3.38. The zero-order chi connectivity index (χ0) is 17.3. The van der Waals surface area contributed by atoms with E-state index in [1.165, 1.54) is 82.5 Å². The summed E-state index contributed by atoms with van der Waals surface area (Å²) >= 11 is 0. The van der Waals surface area contributed by atoms with Gasteiger partial charge in [-0.2, -0.15) is 0 Å². The van der Waals surface area contributed by atoms with Crippen LogP contribution in [0.2, 0.25) is 0 Å². The fraction of sp³-hybridized carbons (Fsp3) is 0.727. The van der Waals surface area contributed by atoms with Gasteiger partial charge in [0.2, 0.25) is 0 Å². The van der Waals surface area contributed by atoms with Gasteiger partial charge >= 0.3 is 0 Å². The van der Waals surface area contributed by atoms with Gasteiger partial charge in [0.05, 0.1) is 0 Å². The topological polar surface area (TPSA) is 9.72 Å². The van der Waals surface area contributed by atoms with Crippen LogP contribution in [0.25, 0.3) is 0 Å². The van der Waals surface area contributed by atoms with Crippen LogP contribution in [-0.2, 0) is 6.54 Å². The lowest BCUT2D eigenvalue weighted by Gasteiger charge is -2.42. The van der Waals surface area contributed by atoms with Gasteiger partial charge in [-0.1, -0.05) is 29.8 Å². The molecule has 1 unspecified atom stereocenters. The molecule has 0 N–H and O–H groups in total. The minimum absolute atomic E-state index is 0.575. The highest BCUT2D eigenvalue weighted by Crippen LogP contribution is 2.41. The van der Waals surface area contributed by atoms with Crippen LogP contribution in [0, 0.1) is 12.3 Å². The van der Waals surface area contributed by atoms with E-state index in [4.69, 9.17) is 0 Å². The van der Waals surface area contributed by atoms with Gasteiger partial charge in [0.15, 0.2) is 0 Å². The molecule has 3 saturated heterocycles. The summed E-state index contributed by atoms with van der Waals surface area (Å²) in [5, 5.41) is 0. The Kier molecular flexibility index (Phi) is 5.17. The van der Waals surface area contributed by atoms with Crippen LogP contribution >= 0.6 is 0 Å².